The normalized spacial score (nSPS) is 31.9. The Bertz CT molecular complexity index is 332. The van der Waals surface area contributed by atoms with Crippen molar-refractivity contribution in [1.29, 1.82) is 0 Å². The lowest BCUT2D eigenvalue weighted by molar-refractivity contribution is 0.0362. The van der Waals surface area contributed by atoms with Crippen LogP contribution in [0, 0.1) is 5.92 Å². The minimum absolute atomic E-state index is 0.215. The molecule has 2 fully saturated rings. The topological polar surface area (TPSA) is 60.9 Å². The monoisotopic (exact) mass is 248 g/mol. The van der Waals surface area contributed by atoms with E-state index in [2.05, 4.69) is 0 Å². The van der Waals surface area contributed by atoms with Gasteiger partial charge < -0.3 is 5.11 Å². The van der Waals surface area contributed by atoms with Crippen molar-refractivity contribution in [3.63, 3.8) is 0 Å². The average molecular weight is 248 g/mol. The maximum Gasteiger partial charge on any atom is 0.281 e. The molecule has 6 heteroatoms. The summed E-state index contributed by atoms with van der Waals surface area (Å²) in [4.78, 5) is 0. The first-order chi connectivity index (χ1) is 7.50. The molecule has 1 heterocycles. The van der Waals surface area contributed by atoms with Crippen LogP contribution in [0.25, 0.3) is 0 Å². The number of hydrogen-bond acceptors (Lipinski definition) is 3. The molecule has 1 saturated heterocycles. The number of rotatable bonds is 4. The van der Waals surface area contributed by atoms with Crippen LogP contribution >= 0.6 is 0 Å². The summed E-state index contributed by atoms with van der Waals surface area (Å²) < 4.78 is 27.2. The highest BCUT2D eigenvalue weighted by Gasteiger charge is 2.34. The number of hydrogen-bond donors (Lipinski definition) is 1. The number of aliphatic hydroxyl groups is 1. The van der Waals surface area contributed by atoms with Crippen molar-refractivity contribution in [2.24, 2.45) is 5.92 Å². The summed E-state index contributed by atoms with van der Waals surface area (Å²) in [5.41, 5.74) is 0. The van der Waals surface area contributed by atoms with Crippen molar-refractivity contribution in [3.05, 3.63) is 0 Å². The third kappa shape index (κ3) is 2.40. The van der Waals surface area contributed by atoms with Crippen LogP contribution in [-0.2, 0) is 10.2 Å². The molecular weight excluding hydrogens is 228 g/mol. The van der Waals surface area contributed by atoms with Crippen molar-refractivity contribution in [2.75, 3.05) is 26.7 Å². The Labute approximate surface area is 97.2 Å². The lowest BCUT2D eigenvalue weighted by atomic mass is 9.82. The molecule has 0 radical (unpaired) electrons. The summed E-state index contributed by atoms with van der Waals surface area (Å²) in [6.45, 7) is 1.84. The van der Waals surface area contributed by atoms with Crippen molar-refractivity contribution >= 4 is 10.2 Å². The van der Waals surface area contributed by atoms with Gasteiger partial charge in [0.25, 0.3) is 10.2 Å². The first-order valence-corrected chi connectivity index (χ1v) is 7.29. The van der Waals surface area contributed by atoms with Crippen molar-refractivity contribution in [2.45, 2.75) is 31.8 Å². The van der Waals surface area contributed by atoms with Crippen LogP contribution in [0.2, 0.25) is 0 Å². The number of aliphatic hydroxyl groups excluding tert-OH is 1. The summed E-state index contributed by atoms with van der Waals surface area (Å²) in [5.74, 6) is 0.331. The summed E-state index contributed by atoms with van der Waals surface area (Å²) >= 11 is 0. The molecular formula is C10H20N2O3S. The highest BCUT2D eigenvalue weighted by atomic mass is 32.2. The highest BCUT2D eigenvalue weighted by Crippen LogP contribution is 2.28. The summed E-state index contributed by atoms with van der Waals surface area (Å²) in [6, 6.07) is 0. The van der Waals surface area contributed by atoms with E-state index in [4.69, 9.17) is 5.11 Å². The second-order valence-electron chi connectivity index (χ2n) is 4.89. The standard InChI is InChI=1S/C10H20N2O3S/c1-11(8-9-6-10(13)7-9)16(14,15)12-4-2-3-5-12/h9-10,13H,2-8H2,1H3. The van der Waals surface area contributed by atoms with E-state index >= 15 is 0 Å². The zero-order chi connectivity index (χ0) is 11.8. The quantitative estimate of drug-likeness (QED) is 0.763. The summed E-state index contributed by atoms with van der Waals surface area (Å²) in [5, 5.41) is 9.17. The van der Waals surface area contributed by atoms with Crippen LogP contribution in [-0.4, -0.2) is 54.9 Å². The van der Waals surface area contributed by atoms with E-state index in [0.29, 0.717) is 25.6 Å². The molecule has 1 aliphatic heterocycles. The van der Waals surface area contributed by atoms with Crippen LogP contribution < -0.4 is 0 Å². The van der Waals surface area contributed by atoms with Crippen LogP contribution in [0.1, 0.15) is 25.7 Å². The Morgan fingerprint density at radius 1 is 1.31 bits per heavy atom. The van der Waals surface area contributed by atoms with E-state index in [0.717, 1.165) is 25.7 Å². The third-order valence-corrected chi connectivity index (χ3v) is 5.47. The molecule has 0 aromatic heterocycles. The lowest BCUT2D eigenvalue weighted by Gasteiger charge is -2.35. The van der Waals surface area contributed by atoms with Gasteiger partial charge in [-0.15, -0.1) is 0 Å². The fourth-order valence-electron chi connectivity index (χ4n) is 2.42. The average Bonchev–Trinajstić information content (AvgIpc) is 2.68. The van der Waals surface area contributed by atoms with Crippen LogP contribution in [0.3, 0.4) is 0 Å². The maximum absolute atomic E-state index is 12.1. The Balaban J connectivity index is 1.89. The van der Waals surface area contributed by atoms with E-state index in [1.165, 1.54) is 4.31 Å². The van der Waals surface area contributed by atoms with Gasteiger partial charge >= 0.3 is 0 Å². The van der Waals surface area contributed by atoms with E-state index in [1.807, 2.05) is 0 Å². The smallest absolute Gasteiger partial charge is 0.281 e. The maximum atomic E-state index is 12.1. The molecule has 0 aromatic rings. The summed E-state index contributed by atoms with van der Waals surface area (Å²) in [7, 11) is -1.61. The Kier molecular flexibility index (Phi) is 3.53. The van der Waals surface area contributed by atoms with Crippen molar-refractivity contribution < 1.29 is 13.5 Å². The molecule has 2 aliphatic rings. The van der Waals surface area contributed by atoms with Gasteiger partial charge in [0.15, 0.2) is 0 Å². The second-order valence-corrected chi connectivity index (χ2v) is 6.92. The predicted molar refractivity (Wildman–Crippen MR) is 61.1 cm³/mol. The van der Waals surface area contributed by atoms with Gasteiger partial charge in [0.05, 0.1) is 6.10 Å². The fraction of sp³-hybridized carbons (Fsp3) is 1.00. The first-order valence-electron chi connectivity index (χ1n) is 5.89. The minimum atomic E-state index is -3.24. The molecule has 0 spiro atoms. The number of nitrogens with zero attached hydrogens (tertiary/aromatic N) is 2. The van der Waals surface area contributed by atoms with Gasteiger partial charge in [-0.05, 0) is 31.6 Å². The molecule has 0 aromatic carbocycles. The van der Waals surface area contributed by atoms with Gasteiger partial charge in [-0.3, -0.25) is 0 Å². The Morgan fingerprint density at radius 3 is 2.38 bits per heavy atom. The fourth-order valence-corrected chi connectivity index (χ4v) is 3.94. The molecule has 0 bridgehead atoms. The molecule has 0 atom stereocenters. The van der Waals surface area contributed by atoms with Gasteiger partial charge in [0.2, 0.25) is 0 Å². The molecule has 0 unspecified atom stereocenters. The van der Waals surface area contributed by atoms with Gasteiger partial charge in [-0.25, -0.2) is 0 Å². The van der Waals surface area contributed by atoms with E-state index in [-0.39, 0.29) is 6.10 Å². The largest absolute Gasteiger partial charge is 0.393 e. The first kappa shape index (κ1) is 12.3. The van der Waals surface area contributed by atoms with Gasteiger partial charge in [-0.1, -0.05) is 0 Å². The predicted octanol–water partition coefficient (Wildman–Crippen LogP) is 0.0297. The van der Waals surface area contributed by atoms with E-state index in [9.17, 15) is 8.42 Å². The zero-order valence-electron chi connectivity index (χ0n) is 9.67. The SMILES string of the molecule is CN(CC1CC(O)C1)S(=O)(=O)N1CCCC1. The van der Waals surface area contributed by atoms with Crippen LogP contribution in [0.15, 0.2) is 0 Å². The van der Waals surface area contributed by atoms with Crippen LogP contribution in [0.4, 0.5) is 0 Å². The van der Waals surface area contributed by atoms with Crippen LogP contribution in [0.5, 0.6) is 0 Å². The molecule has 1 aliphatic carbocycles. The molecule has 2 rings (SSSR count). The highest BCUT2D eigenvalue weighted by molar-refractivity contribution is 7.86. The molecule has 0 amide bonds. The minimum Gasteiger partial charge on any atom is -0.393 e. The van der Waals surface area contributed by atoms with E-state index < -0.39 is 10.2 Å². The zero-order valence-corrected chi connectivity index (χ0v) is 10.5. The third-order valence-electron chi connectivity index (χ3n) is 3.51. The Morgan fingerprint density at radius 2 is 1.88 bits per heavy atom. The second kappa shape index (κ2) is 4.60. The molecule has 1 saturated carbocycles. The van der Waals surface area contributed by atoms with Crippen molar-refractivity contribution in [1.82, 2.24) is 8.61 Å². The molecule has 1 N–H and O–H groups in total. The summed E-state index contributed by atoms with van der Waals surface area (Å²) in [6.07, 6.45) is 3.19. The van der Waals surface area contributed by atoms with E-state index in [1.54, 1.807) is 11.4 Å². The van der Waals surface area contributed by atoms with Crippen molar-refractivity contribution in [3.8, 4) is 0 Å². The Hall–Kier alpha value is -0.170. The molecule has 94 valence electrons. The molecule has 16 heavy (non-hydrogen) atoms. The lowest BCUT2D eigenvalue weighted by Crippen LogP contribution is -2.45. The van der Waals surface area contributed by atoms with Gasteiger partial charge in [0.1, 0.15) is 0 Å². The van der Waals surface area contributed by atoms with Gasteiger partial charge in [-0.2, -0.15) is 17.0 Å². The van der Waals surface area contributed by atoms with Gasteiger partial charge in [0, 0.05) is 26.7 Å². The molecule has 5 nitrogen and oxygen atoms in total.